The number of ether oxygens (including phenoxy) is 2. The normalized spacial score (nSPS) is 14.7. The van der Waals surface area contributed by atoms with Gasteiger partial charge in [0.15, 0.2) is 0 Å². The SMILES string of the molecule is CB(O)n1c(Cn2c(CCl)nc3ccccc32)nc2ccccc21.CCOC(=O)C1CCN(Cc2nc3ccccc3n2Cc2nc3ccccc3n2B(C)O)CC1.CCOC(=O)C1CCNCC1. The lowest BCUT2D eigenvalue weighted by Crippen LogP contribution is -2.37. The topological polar surface area (TPSA) is 180 Å². The fourth-order valence-electron chi connectivity index (χ4n) is 9.46. The molecule has 0 amide bonds. The molecule has 0 spiro atoms. The lowest BCUT2D eigenvalue weighted by atomic mass is 9.87. The van der Waals surface area contributed by atoms with Crippen LogP contribution in [0.5, 0.6) is 0 Å². The molecule has 4 aromatic carbocycles. The van der Waals surface area contributed by atoms with Gasteiger partial charge in [0.2, 0.25) is 0 Å². The van der Waals surface area contributed by atoms with E-state index in [1.165, 1.54) is 0 Å². The van der Waals surface area contributed by atoms with E-state index in [2.05, 4.69) is 30.4 Å². The van der Waals surface area contributed by atoms with E-state index in [1.807, 2.05) is 114 Å². The molecule has 2 aliphatic heterocycles. The number of carbonyl (C=O) groups is 2. The van der Waals surface area contributed by atoms with Crippen molar-refractivity contribution in [3.63, 3.8) is 0 Å². The fraction of sp³-hybridized carbons (Fsp3) is 0.400. The number of esters is 2. The van der Waals surface area contributed by atoms with Crippen LogP contribution in [0.1, 0.15) is 62.8 Å². The average Bonchev–Trinajstić information content (AvgIpc) is 4.13. The third-order valence-corrected chi connectivity index (χ3v) is 13.0. The number of hydrogen-bond acceptors (Lipinski definition) is 12. The zero-order chi connectivity index (χ0) is 48.4. The van der Waals surface area contributed by atoms with Gasteiger partial charge >= 0.3 is 26.0 Å². The number of alkyl halides is 1. The summed E-state index contributed by atoms with van der Waals surface area (Å²) in [4.78, 5) is 44.7. The highest BCUT2D eigenvalue weighted by atomic mass is 35.5. The molecule has 19 heteroatoms. The number of carbonyl (C=O) groups excluding carboxylic acids is 2. The maximum atomic E-state index is 12.1. The molecule has 360 valence electrons. The van der Waals surface area contributed by atoms with E-state index in [9.17, 15) is 19.6 Å². The van der Waals surface area contributed by atoms with Crippen molar-refractivity contribution in [1.82, 2.24) is 48.2 Å². The molecule has 16 nitrogen and oxygen atoms in total. The monoisotopic (exact) mass is 954 g/mol. The first-order valence-electron chi connectivity index (χ1n) is 24.1. The Kier molecular flexibility index (Phi) is 16.5. The van der Waals surface area contributed by atoms with E-state index in [0.717, 1.165) is 119 Å². The van der Waals surface area contributed by atoms with Crippen LogP contribution in [0.25, 0.3) is 44.1 Å². The molecule has 10 rings (SSSR count). The van der Waals surface area contributed by atoms with Crippen LogP contribution in [0.4, 0.5) is 0 Å². The van der Waals surface area contributed by atoms with Crippen LogP contribution in [0.15, 0.2) is 97.1 Å². The maximum absolute atomic E-state index is 12.1. The molecule has 2 fully saturated rings. The second kappa shape index (κ2) is 23.0. The number of likely N-dealkylation sites (tertiary alicyclic amines) is 1. The second-order valence-electron chi connectivity index (χ2n) is 17.5. The molecule has 69 heavy (non-hydrogen) atoms. The Labute approximate surface area is 407 Å². The number of imidazole rings is 4. The molecule has 2 saturated heterocycles. The van der Waals surface area contributed by atoms with Gasteiger partial charge in [-0.2, -0.15) is 0 Å². The van der Waals surface area contributed by atoms with Crippen LogP contribution < -0.4 is 5.32 Å². The first kappa shape index (κ1) is 49.4. The zero-order valence-electron chi connectivity index (χ0n) is 39.9. The Hall–Kier alpha value is -6.04. The molecule has 2 aliphatic rings. The Bertz CT molecular complexity index is 2990. The first-order valence-corrected chi connectivity index (χ1v) is 24.6. The molecule has 4 aromatic heterocycles. The number of rotatable bonds is 13. The van der Waals surface area contributed by atoms with Crippen molar-refractivity contribution >= 4 is 81.8 Å². The van der Waals surface area contributed by atoms with E-state index >= 15 is 0 Å². The minimum Gasteiger partial charge on any atom is -0.466 e. The number of nitrogens with one attached hydrogen (secondary N) is 1. The highest BCUT2D eigenvalue weighted by Crippen LogP contribution is 2.26. The van der Waals surface area contributed by atoms with Crippen LogP contribution in [-0.4, -0.2) is 118 Å². The van der Waals surface area contributed by atoms with E-state index in [4.69, 9.17) is 36.0 Å². The summed E-state index contributed by atoms with van der Waals surface area (Å²) in [5.41, 5.74) is 7.47. The van der Waals surface area contributed by atoms with Crippen molar-refractivity contribution in [2.45, 2.75) is 78.7 Å². The molecule has 0 saturated carbocycles. The number of benzene rings is 4. The van der Waals surface area contributed by atoms with Crippen molar-refractivity contribution in [2.24, 2.45) is 11.8 Å². The summed E-state index contributed by atoms with van der Waals surface area (Å²) in [6, 6.07) is 31.8. The molecular formula is C50H61B2ClN10O6. The smallest absolute Gasteiger partial charge is 0.415 e. The number of nitrogens with zero attached hydrogens (tertiary/aromatic N) is 9. The van der Waals surface area contributed by atoms with E-state index in [0.29, 0.717) is 38.7 Å². The Morgan fingerprint density at radius 3 is 1.39 bits per heavy atom. The summed E-state index contributed by atoms with van der Waals surface area (Å²) < 4.78 is 18.1. The third kappa shape index (κ3) is 11.4. The predicted octanol–water partition coefficient (Wildman–Crippen LogP) is 6.85. The van der Waals surface area contributed by atoms with E-state index in [1.54, 1.807) is 13.6 Å². The lowest BCUT2D eigenvalue weighted by molar-refractivity contribution is -0.150. The van der Waals surface area contributed by atoms with Gasteiger partial charge in [-0.05, 0) is 128 Å². The lowest BCUT2D eigenvalue weighted by Gasteiger charge is -2.30. The number of aromatic nitrogens is 8. The molecule has 0 atom stereocenters. The van der Waals surface area contributed by atoms with Crippen LogP contribution in [0.2, 0.25) is 13.6 Å². The Balaban J connectivity index is 0.000000158. The van der Waals surface area contributed by atoms with Gasteiger partial charge in [-0.25, -0.2) is 19.9 Å². The Morgan fingerprint density at radius 1 is 0.580 bits per heavy atom. The van der Waals surface area contributed by atoms with Gasteiger partial charge in [0.1, 0.15) is 23.3 Å². The molecule has 0 unspecified atom stereocenters. The fourth-order valence-corrected chi connectivity index (χ4v) is 9.66. The van der Waals surface area contributed by atoms with Gasteiger partial charge < -0.3 is 42.9 Å². The molecule has 3 N–H and O–H groups in total. The van der Waals surface area contributed by atoms with Gasteiger partial charge in [-0.3, -0.25) is 14.5 Å². The van der Waals surface area contributed by atoms with E-state index < -0.39 is 14.1 Å². The highest BCUT2D eigenvalue weighted by Gasteiger charge is 2.28. The number of fused-ring (bicyclic) bond motifs is 4. The summed E-state index contributed by atoms with van der Waals surface area (Å²) in [5, 5.41) is 24.0. The predicted molar refractivity (Wildman–Crippen MR) is 272 cm³/mol. The molecule has 0 radical (unpaired) electrons. The van der Waals surface area contributed by atoms with Crippen molar-refractivity contribution in [1.29, 1.82) is 0 Å². The van der Waals surface area contributed by atoms with Crippen molar-refractivity contribution in [2.75, 3.05) is 39.4 Å². The Morgan fingerprint density at radius 2 is 0.957 bits per heavy atom. The third-order valence-electron chi connectivity index (χ3n) is 12.8. The van der Waals surface area contributed by atoms with Crippen LogP contribution >= 0.6 is 11.6 Å². The molecule has 0 aliphatic carbocycles. The molecule has 0 bridgehead atoms. The number of piperidine rings is 2. The summed E-state index contributed by atoms with van der Waals surface area (Å²) in [7, 11) is -1.36. The van der Waals surface area contributed by atoms with Crippen LogP contribution in [0, 0.1) is 11.8 Å². The minimum atomic E-state index is -0.692. The second-order valence-corrected chi connectivity index (χ2v) is 17.7. The van der Waals surface area contributed by atoms with Crippen molar-refractivity contribution in [3.05, 3.63) is 120 Å². The van der Waals surface area contributed by atoms with E-state index in [-0.39, 0.29) is 23.8 Å². The molecule has 8 aromatic rings. The maximum Gasteiger partial charge on any atom is 0.415 e. The summed E-state index contributed by atoms with van der Waals surface area (Å²) in [5.74, 6) is 3.69. The summed E-state index contributed by atoms with van der Waals surface area (Å²) in [6.45, 7) is 13.4. The minimum absolute atomic E-state index is 0.0130. The van der Waals surface area contributed by atoms with Gasteiger partial charge in [0, 0.05) is 0 Å². The van der Waals surface area contributed by atoms with Gasteiger partial charge in [-0.15, -0.1) is 11.6 Å². The van der Waals surface area contributed by atoms with Crippen molar-refractivity contribution in [3.8, 4) is 0 Å². The molecular weight excluding hydrogens is 894 g/mol. The van der Waals surface area contributed by atoms with Crippen LogP contribution in [-0.2, 0) is 44.6 Å². The highest BCUT2D eigenvalue weighted by molar-refractivity contribution is 6.48. The number of hydrogen-bond donors (Lipinski definition) is 3. The molecule has 6 heterocycles. The quantitative estimate of drug-likeness (QED) is 0.0623. The van der Waals surface area contributed by atoms with Crippen LogP contribution in [0.3, 0.4) is 0 Å². The summed E-state index contributed by atoms with van der Waals surface area (Å²) in [6.07, 6.45) is 3.46. The average molecular weight is 955 g/mol. The van der Waals surface area contributed by atoms with Gasteiger partial charge in [0.05, 0.1) is 94.7 Å². The van der Waals surface area contributed by atoms with Gasteiger partial charge in [0.25, 0.3) is 0 Å². The van der Waals surface area contributed by atoms with Gasteiger partial charge in [-0.1, -0.05) is 48.5 Å². The van der Waals surface area contributed by atoms with Crippen molar-refractivity contribution < 1.29 is 29.1 Å². The number of halogens is 1. The zero-order valence-corrected chi connectivity index (χ0v) is 40.6. The largest absolute Gasteiger partial charge is 0.466 e. The summed E-state index contributed by atoms with van der Waals surface area (Å²) >= 11 is 6.09. The standard InChI is InChI=1S/C25H30BN5O3.C17H16BClN4O.C8H15NO2/c1-3-34-25(32)18-12-14-29(15-13-18)16-23-27-19-8-4-6-10-21(19)30(23)17-24-28-20-9-5-7-11-22(20)31(24)26(2)33;1-18(24)23-15-9-5-3-7-13(15)21-17(23)11-22-14-8-4-2-6-12(14)20-16(22)10-19;1-2-11-8(10)7-3-5-9-6-4-7/h4-11,18,33H,3,12-17H2,1-2H3;2-9,24H,10-11H2,1H3;7,9H,2-6H2,1H3. The first-order chi connectivity index (χ1) is 33.6. The number of para-hydroxylation sites is 8.